The molecule has 0 bridgehead atoms. The van der Waals surface area contributed by atoms with Crippen molar-refractivity contribution in [3.8, 4) is 0 Å². The Bertz CT molecular complexity index is 902. The number of carbonyl (C=O) groups is 1. The van der Waals surface area contributed by atoms with Gasteiger partial charge in [0.2, 0.25) is 5.91 Å². The molecule has 0 fully saturated rings. The van der Waals surface area contributed by atoms with Gasteiger partial charge in [0.15, 0.2) is 0 Å². The number of hydrogen-bond acceptors (Lipinski definition) is 2. The zero-order valence-corrected chi connectivity index (χ0v) is 16.0. The van der Waals surface area contributed by atoms with Crippen LogP contribution in [0.1, 0.15) is 11.1 Å². The van der Waals surface area contributed by atoms with E-state index in [9.17, 15) is 4.79 Å². The Labute approximate surface area is 154 Å². The average Bonchev–Trinajstić information content (AvgIpc) is 2.58. The molecule has 122 valence electrons. The molecule has 0 radical (unpaired) electrons. The molecule has 1 amide bonds. The Morgan fingerprint density at radius 3 is 2.58 bits per heavy atom. The molecule has 0 aliphatic carbocycles. The molecular weight excluding hydrogens is 382 g/mol. The fraction of sp³-hybridized carbons (Fsp3) is 0.150. The fourth-order valence-corrected chi connectivity index (χ4v) is 3.96. The first-order valence-electron chi connectivity index (χ1n) is 7.72. The number of benzene rings is 3. The van der Waals surface area contributed by atoms with Crippen LogP contribution in [-0.2, 0) is 4.79 Å². The van der Waals surface area contributed by atoms with Crippen LogP contribution in [0, 0.1) is 13.8 Å². The Morgan fingerprint density at radius 2 is 1.75 bits per heavy atom. The summed E-state index contributed by atoms with van der Waals surface area (Å²) in [4.78, 5) is 13.4. The van der Waals surface area contributed by atoms with Gasteiger partial charge in [-0.2, -0.15) is 0 Å². The van der Waals surface area contributed by atoms with Crippen molar-refractivity contribution in [3.63, 3.8) is 0 Å². The van der Waals surface area contributed by atoms with Crippen molar-refractivity contribution in [2.24, 2.45) is 0 Å². The second-order valence-electron chi connectivity index (χ2n) is 5.73. The average molecular weight is 400 g/mol. The maximum Gasteiger partial charge on any atom is 0.234 e. The lowest BCUT2D eigenvalue weighted by Crippen LogP contribution is -2.14. The molecule has 0 atom stereocenters. The highest BCUT2D eigenvalue weighted by Crippen LogP contribution is 2.29. The van der Waals surface area contributed by atoms with Gasteiger partial charge >= 0.3 is 0 Å². The number of carbonyl (C=O) groups excluding carboxylic acids is 1. The largest absolute Gasteiger partial charge is 0.324 e. The van der Waals surface area contributed by atoms with Crippen molar-refractivity contribution >= 4 is 50.1 Å². The van der Waals surface area contributed by atoms with E-state index in [-0.39, 0.29) is 5.91 Å². The van der Waals surface area contributed by atoms with Crippen LogP contribution >= 0.6 is 27.7 Å². The van der Waals surface area contributed by atoms with Crippen LogP contribution in [0.25, 0.3) is 10.8 Å². The summed E-state index contributed by atoms with van der Waals surface area (Å²) in [5.41, 5.74) is 3.18. The molecule has 0 heterocycles. The van der Waals surface area contributed by atoms with E-state index in [1.807, 2.05) is 37.3 Å². The Hall–Kier alpha value is -1.78. The van der Waals surface area contributed by atoms with E-state index in [1.165, 1.54) is 16.3 Å². The Balaban J connectivity index is 1.71. The minimum atomic E-state index is -0.00288. The third kappa shape index (κ3) is 3.82. The van der Waals surface area contributed by atoms with Crippen LogP contribution in [-0.4, -0.2) is 11.7 Å². The highest BCUT2D eigenvalue weighted by atomic mass is 79.9. The van der Waals surface area contributed by atoms with E-state index in [4.69, 9.17) is 0 Å². The summed E-state index contributed by atoms with van der Waals surface area (Å²) in [5, 5.41) is 5.37. The van der Waals surface area contributed by atoms with Gasteiger partial charge < -0.3 is 5.32 Å². The number of halogens is 1. The summed E-state index contributed by atoms with van der Waals surface area (Å²) in [6.45, 7) is 4.10. The van der Waals surface area contributed by atoms with Crippen LogP contribution in [0.15, 0.2) is 64.0 Å². The monoisotopic (exact) mass is 399 g/mol. The van der Waals surface area contributed by atoms with Gasteiger partial charge in [-0.3, -0.25) is 4.79 Å². The predicted octanol–water partition coefficient (Wildman–Crippen LogP) is 5.95. The molecule has 1 N–H and O–H groups in total. The minimum Gasteiger partial charge on any atom is -0.324 e. The molecule has 24 heavy (non-hydrogen) atoms. The summed E-state index contributed by atoms with van der Waals surface area (Å²) < 4.78 is 0.911. The third-order valence-electron chi connectivity index (χ3n) is 3.97. The molecule has 0 aromatic heterocycles. The Morgan fingerprint density at radius 1 is 1.04 bits per heavy atom. The second kappa shape index (κ2) is 7.41. The molecule has 4 heteroatoms. The van der Waals surface area contributed by atoms with E-state index in [2.05, 4.69) is 52.4 Å². The third-order valence-corrected chi connectivity index (χ3v) is 5.70. The number of amides is 1. The normalized spacial score (nSPS) is 10.8. The number of nitrogens with one attached hydrogen (secondary N) is 1. The molecule has 0 aliphatic rings. The molecule has 3 aromatic carbocycles. The van der Waals surface area contributed by atoms with Crippen LogP contribution in [0.5, 0.6) is 0 Å². The molecule has 0 unspecified atom stereocenters. The van der Waals surface area contributed by atoms with Crippen molar-refractivity contribution in [3.05, 3.63) is 70.2 Å². The number of aryl methyl sites for hydroxylation is 2. The quantitative estimate of drug-likeness (QED) is 0.549. The van der Waals surface area contributed by atoms with Crippen molar-refractivity contribution in [2.75, 3.05) is 11.1 Å². The molecule has 0 saturated carbocycles. The SMILES string of the molecule is Cc1cc(Br)c(NC(=O)CSc2cccc3ccccc23)cc1C. The van der Waals surface area contributed by atoms with Crippen LogP contribution < -0.4 is 5.32 Å². The van der Waals surface area contributed by atoms with Crippen molar-refractivity contribution in [1.82, 2.24) is 0 Å². The number of hydrogen-bond donors (Lipinski definition) is 1. The molecule has 0 aliphatic heterocycles. The first kappa shape index (κ1) is 17.1. The summed E-state index contributed by atoms with van der Waals surface area (Å²) in [5.74, 6) is 0.379. The highest BCUT2D eigenvalue weighted by molar-refractivity contribution is 9.10. The minimum absolute atomic E-state index is 0.00288. The number of fused-ring (bicyclic) bond motifs is 1. The standard InChI is InChI=1S/C20H18BrNOS/c1-13-10-17(21)18(11-14(13)2)22-20(23)12-24-19-9-5-7-15-6-3-4-8-16(15)19/h3-11H,12H2,1-2H3,(H,22,23). The van der Waals surface area contributed by atoms with Gasteiger partial charge in [-0.1, -0.05) is 36.4 Å². The van der Waals surface area contributed by atoms with Crippen molar-refractivity contribution in [1.29, 1.82) is 0 Å². The second-order valence-corrected chi connectivity index (χ2v) is 7.60. The lowest BCUT2D eigenvalue weighted by Gasteiger charge is -2.11. The van der Waals surface area contributed by atoms with Crippen LogP contribution in [0.3, 0.4) is 0 Å². The summed E-state index contributed by atoms with van der Waals surface area (Å²) in [7, 11) is 0. The molecule has 3 aromatic rings. The van der Waals surface area contributed by atoms with Crippen LogP contribution in [0.2, 0.25) is 0 Å². The maximum absolute atomic E-state index is 12.3. The van der Waals surface area contributed by atoms with Gasteiger partial charge in [0, 0.05) is 9.37 Å². The van der Waals surface area contributed by atoms with Crippen molar-refractivity contribution in [2.45, 2.75) is 18.7 Å². The van der Waals surface area contributed by atoms with E-state index in [1.54, 1.807) is 11.8 Å². The van der Waals surface area contributed by atoms with Gasteiger partial charge in [-0.05, 0) is 69.9 Å². The zero-order valence-electron chi connectivity index (χ0n) is 13.6. The number of rotatable bonds is 4. The van der Waals surface area contributed by atoms with Gasteiger partial charge in [-0.25, -0.2) is 0 Å². The maximum atomic E-state index is 12.3. The van der Waals surface area contributed by atoms with E-state index in [0.717, 1.165) is 20.6 Å². The van der Waals surface area contributed by atoms with Crippen molar-refractivity contribution < 1.29 is 4.79 Å². The smallest absolute Gasteiger partial charge is 0.234 e. The highest BCUT2D eigenvalue weighted by Gasteiger charge is 2.09. The number of anilines is 1. The molecule has 0 spiro atoms. The fourth-order valence-electron chi connectivity index (χ4n) is 2.53. The molecule has 0 saturated heterocycles. The number of thioether (sulfide) groups is 1. The van der Waals surface area contributed by atoms with Gasteiger partial charge in [0.05, 0.1) is 11.4 Å². The summed E-state index contributed by atoms with van der Waals surface area (Å²) >= 11 is 5.08. The first-order chi connectivity index (χ1) is 11.5. The molecule has 3 rings (SSSR count). The van der Waals surface area contributed by atoms with Crippen LogP contribution in [0.4, 0.5) is 5.69 Å². The first-order valence-corrected chi connectivity index (χ1v) is 9.49. The van der Waals surface area contributed by atoms with E-state index < -0.39 is 0 Å². The molecular formula is C20H18BrNOS. The lowest BCUT2D eigenvalue weighted by molar-refractivity contribution is -0.113. The Kier molecular flexibility index (Phi) is 5.27. The summed E-state index contributed by atoms with van der Waals surface area (Å²) in [6.07, 6.45) is 0. The molecule has 2 nitrogen and oxygen atoms in total. The predicted molar refractivity (Wildman–Crippen MR) is 107 cm³/mol. The van der Waals surface area contributed by atoms with Gasteiger partial charge in [0.1, 0.15) is 0 Å². The summed E-state index contributed by atoms with van der Waals surface area (Å²) in [6, 6.07) is 18.4. The lowest BCUT2D eigenvalue weighted by atomic mass is 10.1. The topological polar surface area (TPSA) is 29.1 Å². The van der Waals surface area contributed by atoms with E-state index in [0.29, 0.717) is 5.75 Å². The van der Waals surface area contributed by atoms with Gasteiger partial charge in [0.25, 0.3) is 0 Å². The van der Waals surface area contributed by atoms with Gasteiger partial charge in [-0.15, -0.1) is 11.8 Å². The zero-order chi connectivity index (χ0) is 17.1. The van der Waals surface area contributed by atoms with E-state index >= 15 is 0 Å².